The zero-order valence-corrected chi connectivity index (χ0v) is 15.0. The summed E-state index contributed by atoms with van der Waals surface area (Å²) in [5, 5.41) is 2.82. The molecule has 1 atom stereocenters. The Bertz CT molecular complexity index is 603. The second-order valence-corrected chi connectivity index (χ2v) is 6.48. The van der Waals surface area contributed by atoms with Crippen molar-refractivity contribution in [2.24, 2.45) is 0 Å². The normalized spacial score (nSPS) is 17.5. The van der Waals surface area contributed by atoms with E-state index in [4.69, 9.17) is 0 Å². The third kappa shape index (κ3) is 4.43. The molecular formula is C17H27N5O2. The van der Waals surface area contributed by atoms with Crippen LogP contribution in [0.1, 0.15) is 48.7 Å². The number of hydrogen-bond donors (Lipinski definition) is 1. The molecule has 0 aliphatic carbocycles. The van der Waals surface area contributed by atoms with Gasteiger partial charge in [0, 0.05) is 46.3 Å². The lowest BCUT2D eigenvalue weighted by molar-refractivity contribution is -0.119. The molecule has 1 aliphatic rings. The fraction of sp³-hybridized carbons (Fsp3) is 0.647. The van der Waals surface area contributed by atoms with Gasteiger partial charge in [-0.1, -0.05) is 0 Å². The molecule has 7 nitrogen and oxygen atoms in total. The zero-order valence-electron chi connectivity index (χ0n) is 15.0. The monoisotopic (exact) mass is 333 g/mol. The highest BCUT2D eigenvalue weighted by Crippen LogP contribution is 2.22. The van der Waals surface area contributed by atoms with Gasteiger partial charge in [0.2, 0.25) is 11.9 Å². The number of aromatic nitrogens is 2. The van der Waals surface area contributed by atoms with Crippen molar-refractivity contribution in [1.29, 1.82) is 0 Å². The van der Waals surface area contributed by atoms with Crippen molar-refractivity contribution in [3.63, 3.8) is 0 Å². The molecule has 0 aromatic carbocycles. The standard InChI is InChI=1S/C17H27N5O2/c1-12-15(11-19-17(20-12)21(3)4)16(24)22-10-6-5-7-14(22)8-9-18-13(2)23/h11,14H,5-10H2,1-4H3,(H,18,23). The summed E-state index contributed by atoms with van der Waals surface area (Å²) in [5.41, 5.74) is 1.26. The number of anilines is 1. The van der Waals surface area contributed by atoms with Crippen molar-refractivity contribution in [3.05, 3.63) is 17.5 Å². The Kier molecular flexibility index (Phi) is 6.11. The Morgan fingerprint density at radius 2 is 2.12 bits per heavy atom. The van der Waals surface area contributed by atoms with Gasteiger partial charge in [-0.05, 0) is 32.6 Å². The summed E-state index contributed by atoms with van der Waals surface area (Å²) in [6.07, 6.45) is 5.50. The first-order valence-corrected chi connectivity index (χ1v) is 8.46. The lowest BCUT2D eigenvalue weighted by atomic mass is 9.98. The van der Waals surface area contributed by atoms with Crippen molar-refractivity contribution < 1.29 is 9.59 Å². The molecule has 1 fully saturated rings. The van der Waals surface area contributed by atoms with Gasteiger partial charge in [0.25, 0.3) is 5.91 Å². The van der Waals surface area contributed by atoms with Crippen LogP contribution in [0.25, 0.3) is 0 Å². The molecule has 1 unspecified atom stereocenters. The van der Waals surface area contributed by atoms with Crippen molar-refractivity contribution in [2.45, 2.75) is 45.6 Å². The van der Waals surface area contributed by atoms with Crippen molar-refractivity contribution in [1.82, 2.24) is 20.2 Å². The number of carbonyl (C=O) groups is 2. The van der Waals surface area contributed by atoms with E-state index in [-0.39, 0.29) is 17.9 Å². The van der Waals surface area contributed by atoms with Crippen molar-refractivity contribution in [2.75, 3.05) is 32.1 Å². The van der Waals surface area contributed by atoms with Crippen molar-refractivity contribution >= 4 is 17.8 Å². The van der Waals surface area contributed by atoms with E-state index in [1.165, 1.54) is 6.92 Å². The molecule has 1 aliphatic heterocycles. The van der Waals surface area contributed by atoms with Crippen molar-refractivity contribution in [3.8, 4) is 0 Å². The number of amides is 2. The van der Waals surface area contributed by atoms with E-state index in [1.807, 2.05) is 30.8 Å². The van der Waals surface area contributed by atoms with Crippen LogP contribution in [0.5, 0.6) is 0 Å². The van der Waals surface area contributed by atoms with Crippen LogP contribution in [0.2, 0.25) is 0 Å². The molecule has 132 valence electrons. The molecule has 1 aromatic rings. The second kappa shape index (κ2) is 8.08. The zero-order chi connectivity index (χ0) is 17.7. The van der Waals surface area contributed by atoms with Gasteiger partial charge in [0.1, 0.15) is 0 Å². The Morgan fingerprint density at radius 3 is 2.75 bits per heavy atom. The molecule has 7 heteroatoms. The van der Waals surface area contributed by atoms with Gasteiger partial charge < -0.3 is 15.1 Å². The highest BCUT2D eigenvalue weighted by molar-refractivity contribution is 5.95. The fourth-order valence-electron chi connectivity index (χ4n) is 3.02. The summed E-state index contributed by atoms with van der Waals surface area (Å²) in [6.45, 7) is 4.70. The molecule has 0 radical (unpaired) electrons. The minimum Gasteiger partial charge on any atom is -0.356 e. The minimum absolute atomic E-state index is 0.00895. The summed E-state index contributed by atoms with van der Waals surface area (Å²) in [4.78, 5) is 36.4. The van der Waals surface area contributed by atoms with Crippen LogP contribution in [0.3, 0.4) is 0 Å². The third-order valence-corrected chi connectivity index (χ3v) is 4.34. The molecule has 0 saturated carbocycles. The summed E-state index contributed by atoms with van der Waals surface area (Å²) in [7, 11) is 3.75. The van der Waals surface area contributed by atoms with Gasteiger partial charge in [-0.25, -0.2) is 9.97 Å². The quantitative estimate of drug-likeness (QED) is 0.880. The SMILES string of the molecule is CC(=O)NCCC1CCCCN1C(=O)c1cnc(N(C)C)nc1C. The summed E-state index contributed by atoms with van der Waals surface area (Å²) < 4.78 is 0. The molecule has 1 aromatic heterocycles. The lowest BCUT2D eigenvalue weighted by Crippen LogP contribution is -2.45. The molecule has 0 spiro atoms. The minimum atomic E-state index is -0.0350. The summed E-state index contributed by atoms with van der Waals surface area (Å²) >= 11 is 0. The number of rotatable bonds is 5. The Balaban J connectivity index is 2.11. The van der Waals surface area contributed by atoms with E-state index in [0.717, 1.165) is 32.2 Å². The predicted octanol–water partition coefficient (Wildman–Crippen LogP) is 1.37. The average molecular weight is 333 g/mol. The van der Waals surface area contributed by atoms with Crippen LogP contribution in [-0.2, 0) is 4.79 Å². The first-order chi connectivity index (χ1) is 11.4. The van der Waals surface area contributed by atoms with Crippen LogP contribution in [-0.4, -0.2) is 59.9 Å². The van der Waals surface area contributed by atoms with E-state index < -0.39 is 0 Å². The molecular weight excluding hydrogens is 306 g/mol. The van der Waals surface area contributed by atoms with Gasteiger partial charge >= 0.3 is 0 Å². The number of nitrogens with one attached hydrogen (secondary N) is 1. The van der Waals surface area contributed by atoms with Gasteiger partial charge in [0.05, 0.1) is 11.3 Å². The van der Waals surface area contributed by atoms with E-state index in [0.29, 0.717) is 23.8 Å². The van der Waals surface area contributed by atoms with E-state index in [9.17, 15) is 9.59 Å². The Labute approximate surface area is 143 Å². The van der Waals surface area contributed by atoms with E-state index in [1.54, 1.807) is 6.20 Å². The number of likely N-dealkylation sites (tertiary alicyclic amines) is 1. The topological polar surface area (TPSA) is 78.4 Å². The summed E-state index contributed by atoms with van der Waals surface area (Å²) in [6, 6.07) is 0.158. The number of carbonyl (C=O) groups excluding carboxylic acids is 2. The van der Waals surface area contributed by atoms with Crippen LogP contribution in [0.4, 0.5) is 5.95 Å². The van der Waals surface area contributed by atoms with Crippen LogP contribution in [0.15, 0.2) is 6.20 Å². The average Bonchev–Trinajstić information content (AvgIpc) is 2.54. The molecule has 1 saturated heterocycles. The molecule has 2 rings (SSSR count). The Hall–Kier alpha value is -2.18. The maximum atomic E-state index is 13.0. The highest BCUT2D eigenvalue weighted by atomic mass is 16.2. The van der Waals surface area contributed by atoms with E-state index >= 15 is 0 Å². The molecule has 2 amide bonds. The van der Waals surface area contributed by atoms with Gasteiger partial charge in [0.15, 0.2) is 0 Å². The highest BCUT2D eigenvalue weighted by Gasteiger charge is 2.28. The molecule has 24 heavy (non-hydrogen) atoms. The maximum absolute atomic E-state index is 13.0. The number of hydrogen-bond acceptors (Lipinski definition) is 5. The largest absolute Gasteiger partial charge is 0.356 e. The number of aryl methyl sites for hydroxylation is 1. The molecule has 0 bridgehead atoms. The smallest absolute Gasteiger partial charge is 0.257 e. The van der Waals surface area contributed by atoms with Gasteiger partial charge in [-0.3, -0.25) is 9.59 Å². The predicted molar refractivity (Wildman–Crippen MR) is 93.1 cm³/mol. The van der Waals surface area contributed by atoms with Crippen LogP contribution >= 0.6 is 0 Å². The van der Waals surface area contributed by atoms with Gasteiger partial charge in [-0.2, -0.15) is 0 Å². The first-order valence-electron chi connectivity index (χ1n) is 8.46. The maximum Gasteiger partial charge on any atom is 0.257 e. The van der Waals surface area contributed by atoms with E-state index in [2.05, 4.69) is 15.3 Å². The third-order valence-electron chi connectivity index (χ3n) is 4.34. The Morgan fingerprint density at radius 1 is 1.38 bits per heavy atom. The van der Waals surface area contributed by atoms with Crippen LogP contribution < -0.4 is 10.2 Å². The molecule has 1 N–H and O–H groups in total. The number of nitrogens with zero attached hydrogens (tertiary/aromatic N) is 4. The van der Waals surface area contributed by atoms with Crippen LogP contribution in [0, 0.1) is 6.92 Å². The number of piperidine rings is 1. The summed E-state index contributed by atoms with van der Waals surface area (Å²) in [5.74, 6) is 0.558. The first kappa shape index (κ1) is 18.2. The second-order valence-electron chi connectivity index (χ2n) is 6.48. The fourth-order valence-corrected chi connectivity index (χ4v) is 3.02. The van der Waals surface area contributed by atoms with Gasteiger partial charge in [-0.15, -0.1) is 0 Å². The molecule has 2 heterocycles. The lowest BCUT2D eigenvalue weighted by Gasteiger charge is -2.36.